The number of nitrogens with zero attached hydrogens (tertiary/aromatic N) is 5. The van der Waals surface area contributed by atoms with Gasteiger partial charge in [0, 0.05) is 24.6 Å². The highest BCUT2D eigenvalue weighted by molar-refractivity contribution is 6.30. The van der Waals surface area contributed by atoms with Crippen LogP contribution in [0.25, 0.3) is 11.4 Å². The molecule has 1 fully saturated rings. The average Bonchev–Trinajstić information content (AvgIpc) is 3.33. The van der Waals surface area contributed by atoms with Gasteiger partial charge in [0.2, 0.25) is 23.5 Å². The summed E-state index contributed by atoms with van der Waals surface area (Å²) in [7, 11) is 0. The summed E-state index contributed by atoms with van der Waals surface area (Å²) in [5.74, 6) is 1.10. The van der Waals surface area contributed by atoms with E-state index in [2.05, 4.69) is 20.3 Å². The van der Waals surface area contributed by atoms with Gasteiger partial charge in [0.1, 0.15) is 12.2 Å². The molecule has 1 saturated heterocycles. The molecule has 0 bridgehead atoms. The third-order valence-corrected chi connectivity index (χ3v) is 5.00. The predicted molar refractivity (Wildman–Crippen MR) is 96.0 cm³/mol. The van der Waals surface area contributed by atoms with Crippen LogP contribution in [-0.2, 0) is 11.2 Å². The molecule has 3 aromatic rings. The number of likely N-dealkylation sites (tertiary alicyclic amines) is 1. The molecule has 2 aromatic heterocycles. The number of rotatable bonds is 4. The summed E-state index contributed by atoms with van der Waals surface area (Å²) in [5.41, 5.74) is 0.499. The molecular weight excluding hydrogens is 389 g/mol. The van der Waals surface area contributed by atoms with E-state index < -0.39 is 5.82 Å². The second-order valence-electron chi connectivity index (χ2n) is 6.65. The number of hydrogen-bond donors (Lipinski definition) is 0. The van der Waals surface area contributed by atoms with Crippen LogP contribution in [0.4, 0.5) is 4.39 Å². The number of aromatic nitrogens is 4. The monoisotopic (exact) mass is 405 g/mol. The predicted octanol–water partition coefficient (Wildman–Crippen LogP) is 3.17. The van der Waals surface area contributed by atoms with E-state index in [4.69, 9.17) is 20.6 Å². The molecule has 0 spiro atoms. The SMILES string of the molecule is Cc1noc(CC(=O)N2CCC(c3nc(-c4ccc(Cl)c(F)c4)no3)CC2)n1. The van der Waals surface area contributed by atoms with Gasteiger partial charge in [-0.3, -0.25) is 4.79 Å². The lowest BCUT2D eigenvalue weighted by Gasteiger charge is -2.30. The smallest absolute Gasteiger partial charge is 0.236 e. The Morgan fingerprint density at radius 3 is 2.71 bits per heavy atom. The minimum atomic E-state index is -0.534. The quantitative estimate of drug-likeness (QED) is 0.657. The molecule has 1 amide bonds. The molecule has 0 aliphatic carbocycles. The van der Waals surface area contributed by atoms with Crippen molar-refractivity contribution in [3.05, 3.63) is 46.6 Å². The Labute approximate surface area is 164 Å². The van der Waals surface area contributed by atoms with Crippen molar-refractivity contribution < 1.29 is 18.2 Å². The zero-order valence-electron chi connectivity index (χ0n) is 15.1. The molecule has 0 atom stereocenters. The number of hydrogen-bond acceptors (Lipinski definition) is 7. The van der Waals surface area contributed by atoms with E-state index >= 15 is 0 Å². The highest BCUT2D eigenvalue weighted by Crippen LogP contribution is 2.29. The fourth-order valence-electron chi connectivity index (χ4n) is 3.18. The lowest BCUT2D eigenvalue weighted by molar-refractivity contribution is -0.132. The van der Waals surface area contributed by atoms with Gasteiger partial charge in [-0.15, -0.1) is 0 Å². The maximum Gasteiger partial charge on any atom is 0.236 e. The molecule has 0 N–H and O–H groups in total. The number of aryl methyl sites for hydroxylation is 1. The van der Waals surface area contributed by atoms with E-state index in [0.29, 0.717) is 54.9 Å². The summed E-state index contributed by atoms with van der Waals surface area (Å²) in [6.07, 6.45) is 1.49. The normalized spacial score (nSPS) is 15.2. The highest BCUT2D eigenvalue weighted by Gasteiger charge is 2.28. The number of carbonyl (C=O) groups excluding carboxylic acids is 1. The molecule has 146 valence electrons. The van der Waals surface area contributed by atoms with Crippen LogP contribution < -0.4 is 0 Å². The van der Waals surface area contributed by atoms with E-state index in [1.165, 1.54) is 12.1 Å². The number of halogens is 2. The van der Waals surface area contributed by atoms with Crippen LogP contribution >= 0.6 is 11.6 Å². The number of carbonyl (C=O) groups is 1. The molecule has 3 heterocycles. The first kappa shape index (κ1) is 18.5. The summed E-state index contributed by atoms with van der Waals surface area (Å²) in [6, 6.07) is 4.37. The van der Waals surface area contributed by atoms with Gasteiger partial charge >= 0.3 is 0 Å². The van der Waals surface area contributed by atoms with Crippen molar-refractivity contribution >= 4 is 17.5 Å². The van der Waals surface area contributed by atoms with Crippen LogP contribution in [0.3, 0.4) is 0 Å². The molecular formula is C18H17ClFN5O3. The van der Waals surface area contributed by atoms with Crippen molar-refractivity contribution in [1.82, 2.24) is 25.2 Å². The maximum atomic E-state index is 13.6. The fourth-order valence-corrected chi connectivity index (χ4v) is 3.30. The largest absolute Gasteiger partial charge is 0.342 e. The van der Waals surface area contributed by atoms with Gasteiger partial charge < -0.3 is 13.9 Å². The van der Waals surface area contributed by atoms with E-state index in [9.17, 15) is 9.18 Å². The second-order valence-corrected chi connectivity index (χ2v) is 7.06. The van der Waals surface area contributed by atoms with Crippen molar-refractivity contribution in [2.75, 3.05) is 13.1 Å². The van der Waals surface area contributed by atoms with Crippen LogP contribution in [0.5, 0.6) is 0 Å². The number of benzene rings is 1. The zero-order valence-corrected chi connectivity index (χ0v) is 15.8. The molecule has 0 saturated carbocycles. The zero-order chi connectivity index (χ0) is 19.7. The standard InChI is InChI=1S/C18H17ClFN5O3/c1-10-21-15(27-23-10)9-16(26)25-6-4-11(5-7-25)18-22-17(24-28-18)12-2-3-13(19)14(20)8-12/h2-3,8,11H,4-7,9H2,1H3. The summed E-state index contributed by atoms with van der Waals surface area (Å²) >= 11 is 5.70. The van der Waals surface area contributed by atoms with E-state index in [1.54, 1.807) is 17.9 Å². The molecule has 1 aromatic carbocycles. The van der Waals surface area contributed by atoms with Crippen LogP contribution in [0.1, 0.15) is 36.4 Å². The topological polar surface area (TPSA) is 98.2 Å². The first-order chi connectivity index (χ1) is 13.5. The van der Waals surface area contributed by atoms with Gasteiger partial charge in [-0.2, -0.15) is 9.97 Å². The minimum absolute atomic E-state index is 0.0418. The Kier molecular flexibility index (Phi) is 5.08. The fraction of sp³-hybridized carbons (Fsp3) is 0.389. The molecule has 0 radical (unpaired) electrons. The Hall–Kier alpha value is -2.81. The molecule has 8 nitrogen and oxygen atoms in total. The van der Waals surface area contributed by atoms with Gasteiger partial charge in [0.15, 0.2) is 5.82 Å². The van der Waals surface area contributed by atoms with Crippen molar-refractivity contribution in [1.29, 1.82) is 0 Å². The lowest BCUT2D eigenvalue weighted by atomic mass is 9.96. The second kappa shape index (κ2) is 7.67. The third kappa shape index (κ3) is 3.89. The summed E-state index contributed by atoms with van der Waals surface area (Å²) in [6.45, 7) is 2.86. The lowest BCUT2D eigenvalue weighted by Crippen LogP contribution is -2.38. The Morgan fingerprint density at radius 2 is 2.04 bits per heavy atom. The Balaban J connectivity index is 1.37. The highest BCUT2D eigenvalue weighted by atomic mass is 35.5. The van der Waals surface area contributed by atoms with Gasteiger partial charge in [-0.25, -0.2) is 4.39 Å². The van der Waals surface area contributed by atoms with Crippen LogP contribution in [0.2, 0.25) is 5.02 Å². The van der Waals surface area contributed by atoms with Crippen LogP contribution in [0, 0.1) is 12.7 Å². The molecule has 10 heteroatoms. The third-order valence-electron chi connectivity index (χ3n) is 4.69. The summed E-state index contributed by atoms with van der Waals surface area (Å²) in [5, 5.41) is 7.67. The van der Waals surface area contributed by atoms with Crippen LogP contribution in [0.15, 0.2) is 27.2 Å². The number of piperidine rings is 1. The van der Waals surface area contributed by atoms with E-state index in [1.807, 2.05) is 0 Å². The number of amides is 1. The minimum Gasteiger partial charge on any atom is -0.342 e. The van der Waals surface area contributed by atoms with Gasteiger partial charge in [-0.05, 0) is 38.0 Å². The summed E-state index contributed by atoms with van der Waals surface area (Å²) < 4.78 is 24.0. The molecule has 28 heavy (non-hydrogen) atoms. The molecule has 0 unspecified atom stereocenters. The van der Waals surface area contributed by atoms with Crippen molar-refractivity contribution in [3.8, 4) is 11.4 Å². The molecule has 1 aliphatic heterocycles. The first-order valence-electron chi connectivity index (χ1n) is 8.85. The van der Waals surface area contributed by atoms with E-state index in [0.717, 1.165) is 0 Å². The van der Waals surface area contributed by atoms with Crippen molar-refractivity contribution in [2.24, 2.45) is 0 Å². The van der Waals surface area contributed by atoms with Crippen LogP contribution in [-0.4, -0.2) is 44.2 Å². The van der Waals surface area contributed by atoms with Gasteiger partial charge in [0.05, 0.1) is 5.02 Å². The van der Waals surface area contributed by atoms with Crippen molar-refractivity contribution in [2.45, 2.75) is 32.1 Å². The van der Waals surface area contributed by atoms with Gasteiger partial charge in [-0.1, -0.05) is 21.9 Å². The average molecular weight is 406 g/mol. The van der Waals surface area contributed by atoms with Gasteiger partial charge in [0.25, 0.3) is 0 Å². The first-order valence-corrected chi connectivity index (χ1v) is 9.23. The maximum absolute atomic E-state index is 13.6. The Morgan fingerprint density at radius 1 is 1.25 bits per heavy atom. The Bertz CT molecular complexity index is 997. The summed E-state index contributed by atoms with van der Waals surface area (Å²) in [4.78, 5) is 22.6. The van der Waals surface area contributed by atoms with Crippen molar-refractivity contribution in [3.63, 3.8) is 0 Å². The van der Waals surface area contributed by atoms with E-state index in [-0.39, 0.29) is 23.3 Å². The molecule has 1 aliphatic rings. The molecule has 4 rings (SSSR count).